The summed E-state index contributed by atoms with van der Waals surface area (Å²) in [6.45, 7) is 3.37. The number of hydrogen-bond donors (Lipinski definition) is 0. The molecule has 0 saturated heterocycles. The molecule has 1 nitrogen and oxygen atoms in total. The summed E-state index contributed by atoms with van der Waals surface area (Å²) in [7, 11) is 0. The zero-order chi connectivity index (χ0) is 5.11. The summed E-state index contributed by atoms with van der Waals surface area (Å²) < 4.78 is 0. The molecular weight excluding hydrogens is 153 g/mol. The van der Waals surface area contributed by atoms with Gasteiger partial charge in [0.05, 0.1) is 0 Å². The summed E-state index contributed by atoms with van der Waals surface area (Å²) in [6.07, 6.45) is 2.19. The van der Waals surface area contributed by atoms with Crippen molar-refractivity contribution >= 4 is 15.0 Å². The van der Waals surface area contributed by atoms with Crippen LogP contribution in [0.15, 0.2) is 11.2 Å². The van der Waals surface area contributed by atoms with Crippen molar-refractivity contribution in [1.29, 1.82) is 0 Å². The molecule has 0 spiro atoms. The average molecular weight is 162 g/mol. The van der Waals surface area contributed by atoms with E-state index in [1.165, 1.54) is 12.0 Å². The van der Waals surface area contributed by atoms with Gasteiger partial charge in [0.1, 0.15) is 0 Å². The topological polar surface area (TPSA) is 3.24 Å². The molecule has 0 aromatic rings. The molecule has 7 heavy (non-hydrogen) atoms. The summed E-state index contributed by atoms with van der Waals surface area (Å²) in [5, 5.41) is 0. The summed E-state index contributed by atoms with van der Waals surface area (Å²) >= 11 is 0.788. The van der Waals surface area contributed by atoms with E-state index in [-0.39, 0.29) is 0 Å². The van der Waals surface area contributed by atoms with E-state index in [0.29, 0.717) is 0 Å². The van der Waals surface area contributed by atoms with Crippen LogP contribution >= 0.6 is 0 Å². The van der Waals surface area contributed by atoms with Crippen molar-refractivity contribution < 1.29 is 0 Å². The van der Waals surface area contributed by atoms with Gasteiger partial charge < -0.3 is 0 Å². The maximum atomic E-state index is 2.33. The van der Waals surface area contributed by atoms with Crippen molar-refractivity contribution in [2.75, 3.05) is 12.0 Å². The second kappa shape index (κ2) is 2.39. The first kappa shape index (κ1) is 5.20. The molecule has 0 radical (unpaired) electrons. The van der Waals surface area contributed by atoms with Crippen LogP contribution in [0.25, 0.3) is 0 Å². The molecule has 0 aliphatic carbocycles. The van der Waals surface area contributed by atoms with Gasteiger partial charge in [-0.05, 0) is 0 Å². The van der Waals surface area contributed by atoms with E-state index >= 15 is 0 Å². The fourth-order valence-electron chi connectivity index (χ4n) is 0.508. The molecule has 40 valence electrons. The van der Waals surface area contributed by atoms with Crippen molar-refractivity contribution in [3.05, 3.63) is 11.2 Å². The van der Waals surface area contributed by atoms with Crippen molar-refractivity contribution in [2.24, 2.45) is 0 Å². The van der Waals surface area contributed by atoms with E-state index in [9.17, 15) is 0 Å². The van der Waals surface area contributed by atoms with E-state index in [2.05, 4.69) is 23.0 Å². The van der Waals surface area contributed by atoms with Crippen molar-refractivity contribution in [3.8, 4) is 0 Å². The normalized spacial score (nSPS) is 18.7. The Kier molecular flexibility index (Phi) is 1.77. The van der Waals surface area contributed by atoms with Gasteiger partial charge in [0.15, 0.2) is 0 Å². The number of nitrogens with zero attached hydrogens (tertiary/aromatic N) is 1. The molecule has 0 aromatic heterocycles. The van der Waals surface area contributed by atoms with E-state index < -0.39 is 0 Å². The van der Waals surface area contributed by atoms with E-state index in [1.807, 2.05) is 0 Å². The first-order valence-corrected chi connectivity index (χ1v) is 4.66. The van der Waals surface area contributed by atoms with E-state index in [1.54, 1.807) is 0 Å². The Hall–Kier alpha value is 0.0595. The van der Waals surface area contributed by atoms with Crippen LogP contribution in [-0.4, -0.2) is 31.8 Å². The van der Waals surface area contributed by atoms with Crippen LogP contribution in [0.3, 0.4) is 0 Å². The zero-order valence-electron chi connectivity index (χ0n) is 4.42. The fraction of sp³-hybridized carbons (Fsp3) is 0.600. The molecule has 0 amide bonds. The molecule has 1 aliphatic heterocycles. The molecule has 0 unspecified atom stereocenters. The van der Waals surface area contributed by atoms with Gasteiger partial charge >= 0.3 is 49.9 Å². The van der Waals surface area contributed by atoms with Gasteiger partial charge in [0.2, 0.25) is 0 Å². The minimum atomic E-state index is 0.788. The van der Waals surface area contributed by atoms with Crippen LogP contribution in [0.5, 0.6) is 0 Å². The van der Waals surface area contributed by atoms with Crippen LogP contribution < -0.4 is 0 Å². The van der Waals surface area contributed by atoms with Crippen LogP contribution in [0, 0.1) is 0 Å². The summed E-state index contributed by atoms with van der Waals surface area (Å²) in [4.78, 5) is 4.61. The monoisotopic (exact) mass is 163 g/mol. The Bertz CT molecular complexity index is 80.1. The zero-order valence-corrected chi connectivity index (χ0v) is 6.14. The van der Waals surface area contributed by atoms with E-state index in [4.69, 9.17) is 0 Å². The van der Waals surface area contributed by atoms with Gasteiger partial charge in [0, 0.05) is 0 Å². The Morgan fingerprint density at radius 2 is 2.71 bits per heavy atom. The van der Waals surface area contributed by atoms with Crippen molar-refractivity contribution in [2.45, 2.75) is 6.92 Å². The first-order valence-electron chi connectivity index (χ1n) is 2.46. The quantitative estimate of drug-likeness (QED) is 0.506. The van der Waals surface area contributed by atoms with Gasteiger partial charge in [0.25, 0.3) is 0 Å². The molecule has 1 heterocycles. The summed E-state index contributed by atoms with van der Waals surface area (Å²) in [5.74, 6) is 0. The Balaban J connectivity index is 2.28. The third kappa shape index (κ3) is 1.22. The maximum absolute atomic E-state index is 2.33. The molecule has 0 aromatic carbocycles. The molecule has 0 fully saturated rings. The first-order chi connectivity index (χ1) is 3.43. The van der Waals surface area contributed by atoms with Crippen LogP contribution in [0.4, 0.5) is 0 Å². The Labute approximate surface area is 50.5 Å². The molecule has 1 rings (SSSR count). The number of rotatable bonds is 1. The molecule has 0 bridgehead atoms. The Morgan fingerprint density at radius 1 is 1.86 bits per heavy atom. The third-order valence-electron chi connectivity index (χ3n) is 1.01. The molecule has 0 atom stereocenters. The van der Waals surface area contributed by atoms with Crippen LogP contribution in [0.1, 0.15) is 6.92 Å². The second-order valence-electron chi connectivity index (χ2n) is 1.49. The van der Waals surface area contributed by atoms with Gasteiger partial charge in [-0.1, -0.05) is 0 Å². The molecule has 0 saturated carbocycles. The summed E-state index contributed by atoms with van der Waals surface area (Å²) in [5.41, 5.74) is 1.30. The molecule has 2 heteroatoms. The van der Waals surface area contributed by atoms with Gasteiger partial charge in [-0.3, -0.25) is 0 Å². The van der Waals surface area contributed by atoms with Gasteiger partial charge in [-0.15, -0.1) is 0 Å². The molecule has 0 N–H and O–H groups in total. The Morgan fingerprint density at radius 3 is 3.00 bits per heavy atom. The van der Waals surface area contributed by atoms with E-state index in [0.717, 1.165) is 15.0 Å². The van der Waals surface area contributed by atoms with Crippen LogP contribution in [-0.2, 0) is 0 Å². The predicted molar refractivity (Wildman–Crippen MR) is 32.1 cm³/mol. The van der Waals surface area contributed by atoms with Crippen molar-refractivity contribution in [1.82, 2.24) is 4.90 Å². The predicted octanol–water partition coefficient (Wildman–Crippen LogP) is 0.455. The SMILES string of the molecule is CCN1C=C[Se]C1. The minimum absolute atomic E-state index is 0.788. The molecule has 1 aliphatic rings. The second-order valence-corrected chi connectivity index (χ2v) is 3.30. The standard InChI is InChI=1S/C5H9NSe/c1-2-6-3-4-7-5-6/h3-4H,2,5H2,1H3. The average Bonchev–Trinajstić information content (AvgIpc) is 2.14. The molecular formula is C5H9NSe. The third-order valence-corrected chi connectivity index (χ3v) is 2.68. The fourth-order valence-corrected chi connectivity index (χ4v) is 2.20. The van der Waals surface area contributed by atoms with Crippen LogP contribution in [0.2, 0.25) is 0 Å². The van der Waals surface area contributed by atoms with Gasteiger partial charge in [-0.2, -0.15) is 0 Å². The van der Waals surface area contributed by atoms with Crippen molar-refractivity contribution in [3.63, 3.8) is 0 Å². The van der Waals surface area contributed by atoms with Gasteiger partial charge in [-0.25, -0.2) is 0 Å². The summed E-state index contributed by atoms with van der Waals surface area (Å²) in [6, 6.07) is 0. The number of hydrogen-bond acceptors (Lipinski definition) is 1.